The van der Waals surface area contributed by atoms with Gasteiger partial charge in [-0.3, -0.25) is 0 Å². The third-order valence-electron chi connectivity index (χ3n) is 8.97. The first kappa shape index (κ1) is 24.6. The van der Waals surface area contributed by atoms with E-state index < -0.39 is 24.7 Å². The number of rotatable bonds is 6. The maximum absolute atomic E-state index is 15.5. The predicted octanol–water partition coefficient (Wildman–Crippen LogP) is 8.90. The van der Waals surface area contributed by atoms with Gasteiger partial charge in [-0.25, -0.2) is 17.6 Å². The van der Waals surface area contributed by atoms with Crippen LogP contribution in [0.2, 0.25) is 0 Å². The summed E-state index contributed by atoms with van der Waals surface area (Å²) in [6, 6.07) is 0. The Bertz CT molecular complexity index is 1030. The predicted molar refractivity (Wildman–Crippen MR) is 135 cm³/mol. The van der Waals surface area contributed by atoms with E-state index in [0.717, 1.165) is 56.9 Å². The lowest BCUT2D eigenvalue weighted by molar-refractivity contribution is 0.184. The standard InChI is InChI=1S/C31H36F4/c1-3-5-6-19-9-13-21(14-10-19)25-17-23-15-22-16-24(20-11-7-18(4-2)8-12-20)28(32)30(34)26(22)27(23)31(35)29(25)33/h3-4,11,16-19,21,28-31H,1-2,5-10,12-15H2/t18?,19?,21?,28?,29?,30-,31+/m1/s1. The summed E-state index contributed by atoms with van der Waals surface area (Å²) in [6.07, 6.45) is 10.4. The van der Waals surface area contributed by atoms with E-state index in [1.807, 2.05) is 18.2 Å². The highest BCUT2D eigenvalue weighted by Gasteiger charge is 2.47. The van der Waals surface area contributed by atoms with E-state index in [2.05, 4.69) is 13.2 Å². The van der Waals surface area contributed by atoms with Crippen molar-refractivity contribution in [3.8, 4) is 0 Å². The molecule has 4 heteroatoms. The van der Waals surface area contributed by atoms with E-state index in [1.165, 1.54) is 0 Å². The number of alkyl halides is 4. The molecule has 188 valence electrons. The smallest absolute Gasteiger partial charge is 0.161 e. The quantitative estimate of drug-likeness (QED) is 0.261. The number of halogens is 4. The summed E-state index contributed by atoms with van der Waals surface area (Å²) >= 11 is 0. The second-order valence-electron chi connectivity index (χ2n) is 11.0. The molecular weight excluding hydrogens is 448 g/mol. The van der Waals surface area contributed by atoms with Crippen molar-refractivity contribution in [2.24, 2.45) is 17.8 Å². The van der Waals surface area contributed by atoms with Crippen molar-refractivity contribution in [3.05, 3.63) is 82.5 Å². The first-order chi connectivity index (χ1) is 16.9. The van der Waals surface area contributed by atoms with Gasteiger partial charge in [-0.2, -0.15) is 0 Å². The molecule has 5 rings (SSSR count). The van der Waals surface area contributed by atoms with Crippen molar-refractivity contribution >= 4 is 0 Å². The van der Waals surface area contributed by atoms with Crippen molar-refractivity contribution < 1.29 is 17.6 Å². The van der Waals surface area contributed by atoms with Crippen molar-refractivity contribution in [1.82, 2.24) is 0 Å². The van der Waals surface area contributed by atoms with Gasteiger partial charge in [-0.15, -0.1) is 13.2 Å². The van der Waals surface area contributed by atoms with Gasteiger partial charge in [-0.1, -0.05) is 30.4 Å². The molecule has 0 aromatic carbocycles. The Morgan fingerprint density at radius 2 is 1.51 bits per heavy atom. The Balaban J connectivity index is 1.38. The summed E-state index contributed by atoms with van der Waals surface area (Å²) in [6.45, 7) is 7.63. The molecular formula is C31H36F4. The summed E-state index contributed by atoms with van der Waals surface area (Å²) < 4.78 is 61.8. The fraction of sp³-hybridized carbons (Fsp3) is 0.548. The molecule has 3 unspecified atom stereocenters. The molecule has 0 N–H and O–H groups in total. The lowest BCUT2D eigenvalue weighted by atomic mass is 9.72. The van der Waals surface area contributed by atoms with Gasteiger partial charge in [-0.05, 0) is 121 Å². The first-order valence-electron chi connectivity index (χ1n) is 13.3. The van der Waals surface area contributed by atoms with E-state index in [1.54, 1.807) is 12.2 Å². The van der Waals surface area contributed by atoms with E-state index in [0.29, 0.717) is 47.0 Å². The van der Waals surface area contributed by atoms with Crippen LogP contribution in [0.25, 0.3) is 0 Å². The maximum Gasteiger partial charge on any atom is 0.161 e. The van der Waals surface area contributed by atoms with Crippen LogP contribution in [0.4, 0.5) is 17.6 Å². The van der Waals surface area contributed by atoms with Crippen molar-refractivity contribution in [1.29, 1.82) is 0 Å². The number of hydrogen-bond donors (Lipinski definition) is 0. The fourth-order valence-electron chi connectivity index (χ4n) is 6.90. The Morgan fingerprint density at radius 1 is 0.829 bits per heavy atom. The van der Waals surface area contributed by atoms with Gasteiger partial charge < -0.3 is 0 Å². The van der Waals surface area contributed by atoms with Gasteiger partial charge in [0.2, 0.25) is 0 Å². The second-order valence-corrected chi connectivity index (χ2v) is 11.0. The van der Waals surface area contributed by atoms with E-state index in [-0.39, 0.29) is 17.1 Å². The molecule has 5 aliphatic rings. The van der Waals surface area contributed by atoms with Crippen molar-refractivity contribution in [2.45, 2.75) is 88.9 Å². The Morgan fingerprint density at radius 3 is 2.14 bits per heavy atom. The van der Waals surface area contributed by atoms with Gasteiger partial charge in [0.25, 0.3) is 0 Å². The number of hydrogen-bond acceptors (Lipinski definition) is 0. The molecule has 0 nitrogen and oxygen atoms in total. The lowest BCUT2D eigenvalue weighted by Crippen LogP contribution is -2.34. The van der Waals surface area contributed by atoms with Crippen LogP contribution < -0.4 is 0 Å². The normalized spacial score (nSPS) is 37.3. The van der Waals surface area contributed by atoms with Crippen molar-refractivity contribution in [3.63, 3.8) is 0 Å². The molecule has 35 heavy (non-hydrogen) atoms. The Labute approximate surface area is 206 Å². The summed E-state index contributed by atoms with van der Waals surface area (Å²) in [4.78, 5) is 0. The largest absolute Gasteiger partial charge is 0.239 e. The zero-order chi connectivity index (χ0) is 24.7. The fourth-order valence-corrected chi connectivity index (χ4v) is 6.90. The van der Waals surface area contributed by atoms with Gasteiger partial charge in [0.05, 0.1) is 0 Å². The van der Waals surface area contributed by atoms with Gasteiger partial charge in [0.15, 0.2) is 24.7 Å². The topological polar surface area (TPSA) is 0 Å². The molecule has 0 bridgehead atoms. The van der Waals surface area contributed by atoms with Crippen LogP contribution >= 0.6 is 0 Å². The van der Waals surface area contributed by atoms with E-state index in [4.69, 9.17) is 0 Å². The molecule has 0 spiro atoms. The van der Waals surface area contributed by atoms with Crippen LogP contribution in [0.1, 0.15) is 64.2 Å². The molecule has 5 atom stereocenters. The number of allylic oxidation sites excluding steroid dienone is 12. The molecule has 0 aromatic rings. The summed E-state index contributed by atoms with van der Waals surface area (Å²) in [5.74, 6) is 1.02. The van der Waals surface area contributed by atoms with Crippen LogP contribution in [-0.4, -0.2) is 24.7 Å². The van der Waals surface area contributed by atoms with Crippen LogP contribution in [0, 0.1) is 17.8 Å². The number of fused-ring (bicyclic) bond motifs is 1. The minimum absolute atomic E-state index is 0.0290. The first-order valence-corrected chi connectivity index (χ1v) is 13.3. The van der Waals surface area contributed by atoms with Gasteiger partial charge >= 0.3 is 0 Å². The molecule has 0 saturated heterocycles. The van der Waals surface area contributed by atoms with Crippen LogP contribution in [0.3, 0.4) is 0 Å². The van der Waals surface area contributed by atoms with Crippen molar-refractivity contribution in [2.75, 3.05) is 0 Å². The maximum atomic E-state index is 15.5. The van der Waals surface area contributed by atoms with Gasteiger partial charge in [0, 0.05) is 0 Å². The highest BCUT2D eigenvalue weighted by Crippen LogP contribution is 2.51. The minimum atomic E-state index is -1.95. The van der Waals surface area contributed by atoms with Crippen LogP contribution in [-0.2, 0) is 0 Å². The molecule has 1 saturated carbocycles. The van der Waals surface area contributed by atoms with Gasteiger partial charge in [0.1, 0.15) is 0 Å². The molecule has 0 aromatic heterocycles. The Hall–Kier alpha value is -2.10. The van der Waals surface area contributed by atoms with E-state index in [9.17, 15) is 0 Å². The average Bonchev–Trinajstić information content (AvgIpc) is 3.26. The molecule has 0 heterocycles. The molecule has 0 amide bonds. The monoisotopic (exact) mass is 484 g/mol. The highest BCUT2D eigenvalue weighted by atomic mass is 19.2. The summed E-state index contributed by atoms with van der Waals surface area (Å²) in [5, 5.41) is 0. The third-order valence-corrected chi connectivity index (χ3v) is 8.97. The van der Waals surface area contributed by atoms with Crippen LogP contribution in [0.5, 0.6) is 0 Å². The Kier molecular flexibility index (Phi) is 7.10. The highest BCUT2D eigenvalue weighted by molar-refractivity contribution is 5.65. The average molecular weight is 485 g/mol. The lowest BCUT2D eigenvalue weighted by Gasteiger charge is -2.35. The molecule has 0 radical (unpaired) electrons. The summed E-state index contributed by atoms with van der Waals surface area (Å²) in [5.41, 5.74) is 3.17. The molecule has 1 fully saturated rings. The molecule has 5 aliphatic carbocycles. The second kappa shape index (κ2) is 10.1. The summed E-state index contributed by atoms with van der Waals surface area (Å²) in [7, 11) is 0. The zero-order valence-corrected chi connectivity index (χ0v) is 20.4. The molecule has 0 aliphatic heterocycles. The zero-order valence-electron chi connectivity index (χ0n) is 20.4. The minimum Gasteiger partial charge on any atom is -0.239 e. The SMILES string of the molecule is C=CCCC1CCC(C2=CC3=C(C4=C(C=C(C5=CCC(C=C)CC5)C(F)[C@@H]4F)C3)[C@H](F)C2F)CC1. The van der Waals surface area contributed by atoms with E-state index >= 15 is 17.6 Å². The third kappa shape index (κ3) is 4.47. The van der Waals surface area contributed by atoms with Crippen LogP contribution in [0.15, 0.2) is 82.5 Å².